The predicted molar refractivity (Wildman–Crippen MR) is 117 cm³/mol. The van der Waals surface area contributed by atoms with Gasteiger partial charge in [-0.25, -0.2) is 0 Å². The van der Waals surface area contributed by atoms with Crippen LogP contribution in [0.2, 0.25) is 0 Å². The summed E-state index contributed by atoms with van der Waals surface area (Å²) < 4.78 is 0. The molecule has 0 aromatic heterocycles. The Morgan fingerprint density at radius 3 is 2.48 bits per heavy atom. The molecule has 0 aliphatic heterocycles. The van der Waals surface area contributed by atoms with E-state index < -0.39 is 0 Å². The highest BCUT2D eigenvalue weighted by atomic mass is 16.2. The molecule has 0 heterocycles. The van der Waals surface area contributed by atoms with E-state index in [1.54, 1.807) is 12.1 Å². The molecule has 1 fully saturated rings. The van der Waals surface area contributed by atoms with Crippen LogP contribution in [0.15, 0.2) is 54.6 Å². The van der Waals surface area contributed by atoms with Crippen LogP contribution < -0.4 is 11.1 Å². The number of rotatable bonds is 8. The third kappa shape index (κ3) is 6.16. The standard InChI is InChI=1S/C24H31N3O2/c25-15-8-16-27(24(29)21-12-5-2-6-13-21)18-19-9-7-14-22(17-19)26-23(28)20-10-3-1-4-11-20/h1,3-4,7,9-11,14,17,21H,2,5-6,8,12-13,15-16,18,25H2,(H,26,28). The molecule has 3 N–H and O–H groups in total. The first kappa shape index (κ1) is 21.1. The molecule has 3 rings (SSSR count). The summed E-state index contributed by atoms with van der Waals surface area (Å²) in [6.07, 6.45) is 6.29. The molecule has 0 radical (unpaired) electrons. The van der Waals surface area contributed by atoms with Crippen molar-refractivity contribution < 1.29 is 9.59 Å². The molecule has 0 atom stereocenters. The van der Waals surface area contributed by atoms with Crippen molar-refractivity contribution in [1.29, 1.82) is 0 Å². The first-order valence-corrected chi connectivity index (χ1v) is 10.6. The summed E-state index contributed by atoms with van der Waals surface area (Å²) in [6, 6.07) is 16.9. The predicted octanol–water partition coefficient (Wildman–Crippen LogP) is 4.20. The minimum Gasteiger partial charge on any atom is -0.338 e. The number of hydrogen-bond acceptors (Lipinski definition) is 3. The van der Waals surface area contributed by atoms with Crippen molar-refractivity contribution >= 4 is 17.5 Å². The topological polar surface area (TPSA) is 75.4 Å². The zero-order chi connectivity index (χ0) is 20.5. The molecular weight excluding hydrogens is 362 g/mol. The summed E-state index contributed by atoms with van der Waals surface area (Å²) >= 11 is 0. The highest BCUT2D eigenvalue weighted by molar-refractivity contribution is 6.04. The molecule has 2 aromatic carbocycles. The SMILES string of the molecule is NCCCN(Cc1cccc(NC(=O)c2ccccc2)c1)C(=O)C1CCCCC1. The average Bonchev–Trinajstić information content (AvgIpc) is 2.77. The maximum absolute atomic E-state index is 13.1. The number of hydrogen-bond donors (Lipinski definition) is 2. The molecule has 0 bridgehead atoms. The zero-order valence-electron chi connectivity index (χ0n) is 17.0. The largest absolute Gasteiger partial charge is 0.338 e. The molecule has 5 heteroatoms. The van der Waals surface area contributed by atoms with E-state index in [-0.39, 0.29) is 17.7 Å². The van der Waals surface area contributed by atoms with Gasteiger partial charge in [0, 0.05) is 30.3 Å². The van der Waals surface area contributed by atoms with Crippen LogP contribution in [0, 0.1) is 5.92 Å². The molecule has 2 amide bonds. The molecule has 29 heavy (non-hydrogen) atoms. The van der Waals surface area contributed by atoms with Gasteiger partial charge in [0.1, 0.15) is 0 Å². The highest BCUT2D eigenvalue weighted by Gasteiger charge is 2.25. The van der Waals surface area contributed by atoms with Gasteiger partial charge in [-0.05, 0) is 55.6 Å². The van der Waals surface area contributed by atoms with Gasteiger partial charge in [-0.2, -0.15) is 0 Å². The summed E-state index contributed by atoms with van der Waals surface area (Å²) in [5, 5.41) is 2.95. The second-order valence-electron chi connectivity index (χ2n) is 7.76. The third-order valence-electron chi connectivity index (χ3n) is 5.49. The first-order valence-electron chi connectivity index (χ1n) is 10.6. The number of carbonyl (C=O) groups excluding carboxylic acids is 2. The third-order valence-corrected chi connectivity index (χ3v) is 5.49. The molecule has 0 spiro atoms. The lowest BCUT2D eigenvalue weighted by atomic mass is 9.88. The second-order valence-corrected chi connectivity index (χ2v) is 7.76. The molecule has 154 valence electrons. The second kappa shape index (κ2) is 10.8. The Hall–Kier alpha value is -2.66. The van der Waals surface area contributed by atoms with E-state index in [0.29, 0.717) is 25.2 Å². The van der Waals surface area contributed by atoms with Gasteiger partial charge < -0.3 is 16.0 Å². The first-order chi connectivity index (χ1) is 14.2. The molecule has 5 nitrogen and oxygen atoms in total. The van der Waals surface area contributed by atoms with Crippen molar-refractivity contribution in [2.45, 2.75) is 45.1 Å². The average molecular weight is 394 g/mol. The molecule has 1 aliphatic carbocycles. The van der Waals surface area contributed by atoms with Gasteiger partial charge >= 0.3 is 0 Å². The number of amides is 2. The molecule has 1 saturated carbocycles. The van der Waals surface area contributed by atoms with E-state index in [1.165, 1.54) is 6.42 Å². The summed E-state index contributed by atoms with van der Waals surface area (Å²) in [5.41, 5.74) is 8.07. The molecule has 2 aromatic rings. The normalized spacial score (nSPS) is 14.4. The van der Waals surface area contributed by atoms with Crippen LogP contribution >= 0.6 is 0 Å². The minimum atomic E-state index is -0.138. The van der Waals surface area contributed by atoms with Crippen molar-refractivity contribution in [3.63, 3.8) is 0 Å². The number of benzene rings is 2. The van der Waals surface area contributed by atoms with Crippen LogP contribution in [0.1, 0.15) is 54.4 Å². The Labute approximate surface area is 173 Å². The highest BCUT2D eigenvalue weighted by Crippen LogP contribution is 2.26. The van der Waals surface area contributed by atoms with Crippen molar-refractivity contribution in [2.24, 2.45) is 11.7 Å². The van der Waals surface area contributed by atoms with Gasteiger partial charge in [0.2, 0.25) is 5.91 Å². The summed E-state index contributed by atoms with van der Waals surface area (Å²) in [7, 11) is 0. The van der Waals surface area contributed by atoms with Gasteiger partial charge in [0.05, 0.1) is 0 Å². The summed E-state index contributed by atoms with van der Waals surface area (Å²) in [4.78, 5) is 27.4. The summed E-state index contributed by atoms with van der Waals surface area (Å²) in [5.74, 6) is 0.250. The summed E-state index contributed by atoms with van der Waals surface area (Å²) in [6.45, 7) is 1.79. The van der Waals surface area contributed by atoms with Crippen molar-refractivity contribution in [2.75, 3.05) is 18.4 Å². The van der Waals surface area contributed by atoms with Gasteiger partial charge in [-0.1, -0.05) is 49.6 Å². The Balaban J connectivity index is 1.68. The van der Waals surface area contributed by atoms with E-state index in [0.717, 1.165) is 43.4 Å². The number of carbonyl (C=O) groups is 2. The van der Waals surface area contributed by atoms with E-state index in [2.05, 4.69) is 5.32 Å². The van der Waals surface area contributed by atoms with Crippen molar-refractivity contribution in [3.8, 4) is 0 Å². The number of nitrogens with one attached hydrogen (secondary N) is 1. The van der Waals surface area contributed by atoms with Gasteiger partial charge in [0.15, 0.2) is 0 Å². The van der Waals surface area contributed by atoms with Crippen LogP contribution in [0.5, 0.6) is 0 Å². The monoisotopic (exact) mass is 393 g/mol. The molecular formula is C24H31N3O2. The van der Waals surface area contributed by atoms with Crippen LogP contribution in [0.25, 0.3) is 0 Å². The van der Waals surface area contributed by atoms with E-state index in [9.17, 15) is 9.59 Å². The lowest BCUT2D eigenvalue weighted by Crippen LogP contribution is -2.37. The van der Waals surface area contributed by atoms with E-state index >= 15 is 0 Å². The van der Waals surface area contributed by atoms with Crippen LogP contribution in [-0.4, -0.2) is 29.8 Å². The van der Waals surface area contributed by atoms with Crippen molar-refractivity contribution in [3.05, 3.63) is 65.7 Å². The molecule has 0 saturated heterocycles. The number of nitrogens with two attached hydrogens (primary N) is 1. The van der Waals surface area contributed by atoms with Gasteiger partial charge in [0.25, 0.3) is 5.91 Å². The fraction of sp³-hybridized carbons (Fsp3) is 0.417. The fourth-order valence-electron chi connectivity index (χ4n) is 3.92. The Morgan fingerprint density at radius 2 is 1.76 bits per heavy atom. The number of anilines is 1. The van der Waals surface area contributed by atoms with Gasteiger partial charge in [-0.3, -0.25) is 9.59 Å². The molecule has 1 aliphatic rings. The minimum absolute atomic E-state index is 0.138. The van der Waals surface area contributed by atoms with E-state index in [4.69, 9.17) is 5.73 Å². The Kier molecular flexibility index (Phi) is 7.82. The number of nitrogens with zero attached hydrogens (tertiary/aromatic N) is 1. The van der Waals surface area contributed by atoms with Gasteiger partial charge in [-0.15, -0.1) is 0 Å². The van der Waals surface area contributed by atoms with E-state index in [1.807, 2.05) is 47.4 Å². The van der Waals surface area contributed by atoms with Crippen LogP contribution in [-0.2, 0) is 11.3 Å². The van der Waals surface area contributed by atoms with Crippen molar-refractivity contribution in [1.82, 2.24) is 4.90 Å². The maximum Gasteiger partial charge on any atom is 0.255 e. The Morgan fingerprint density at radius 1 is 1.00 bits per heavy atom. The quantitative estimate of drug-likeness (QED) is 0.706. The van der Waals surface area contributed by atoms with Crippen LogP contribution in [0.4, 0.5) is 5.69 Å². The lowest BCUT2D eigenvalue weighted by Gasteiger charge is -2.29. The zero-order valence-corrected chi connectivity index (χ0v) is 17.0. The fourth-order valence-corrected chi connectivity index (χ4v) is 3.92. The molecule has 0 unspecified atom stereocenters. The Bertz CT molecular complexity index is 801. The van der Waals surface area contributed by atoms with Crippen LogP contribution in [0.3, 0.4) is 0 Å². The maximum atomic E-state index is 13.1. The smallest absolute Gasteiger partial charge is 0.255 e. The lowest BCUT2D eigenvalue weighted by molar-refractivity contribution is -0.137.